The quantitative estimate of drug-likeness (QED) is 0.422. The van der Waals surface area contributed by atoms with Gasteiger partial charge in [0.05, 0.1) is 0 Å². The molecule has 0 aromatic heterocycles. The molecule has 90 valence electrons. The molecule has 0 fully saturated rings. The van der Waals surface area contributed by atoms with Gasteiger partial charge in [-0.1, -0.05) is 54.3 Å². The third-order valence-electron chi connectivity index (χ3n) is 2.66. The van der Waals surface area contributed by atoms with Crippen LogP contribution >= 0.6 is 11.6 Å². The maximum Gasteiger partial charge on any atom is 0.0245 e. The summed E-state index contributed by atoms with van der Waals surface area (Å²) in [7, 11) is 0. The van der Waals surface area contributed by atoms with Crippen molar-refractivity contribution >= 4 is 11.6 Å². The number of alkyl halides is 1. The minimum Gasteiger partial charge on any atom is -0.127 e. The molecular formula is C17H15Cl. The third kappa shape index (κ3) is 3.65. The zero-order valence-electron chi connectivity index (χ0n) is 10.2. The normalized spacial score (nSPS) is 9.61. The fraction of sp³-hybridized carbons (Fsp3) is 0.176. The minimum absolute atomic E-state index is 0.682. The third-order valence-corrected chi connectivity index (χ3v) is 2.93. The van der Waals surface area contributed by atoms with Gasteiger partial charge in [0, 0.05) is 17.9 Å². The highest BCUT2D eigenvalue weighted by molar-refractivity contribution is 6.17. The highest BCUT2D eigenvalue weighted by atomic mass is 35.5. The average Bonchev–Trinajstić information content (AvgIpc) is 2.45. The number of unbranched alkanes of at least 4 members (excludes halogenated alkanes) is 1. The maximum atomic E-state index is 5.60. The minimum atomic E-state index is 0.682. The predicted molar refractivity (Wildman–Crippen MR) is 78.7 cm³/mol. The van der Waals surface area contributed by atoms with Gasteiger partial charge < -0.3 is 0 Å². The summed E-state index contributed by atoms with van der Waals surface area (Å²) in [6.07, 6.45) is 1.82. The van der Waals surface area contributed by atoms with Gasteiger partial charge in [-0.3, -0.25) is 0 Å². The van der Waals surface area contributed by atoms with E-state index in [0.717, 1.165) is 18.4 Å². The van der Waals surface area contributed by atoms with E-state index in [9.17, 15) is 0 Å². The molecular weight excluding hydrogens is 240 g/mol. The molecule has 0 aliphatic rings. The van der Waals surface area contributed by atoms with Gasteiger partial charge in [0.15, 0.2) is 0 Å². The second kappa shape index (κ2) is 6.89. The van der Waals surface area contributed by atoms with E-state index >= 15 is 0 Å². The molecule has 2 aromatic rings. The molecule has 0 aliphatic carbocycles. The van der Waals surface area contributed by atoms with E-state index in [-0.39, 0.29) is 0 Å². The molecule has 0 nitrogen and oxygen atoms in total. The van der Waals surface area contributed by atoms with Crippen LogP contribution < -0.4 is 0 Å². The summed E-state index contributed by atoms with van der Waals surface area (Å²) < 4.78 is 0. The summed E-state index contributed by atoms with van der Waals surface area (Å²) >= 11 is 5.60. The smallest absolute Gasteiger partial charge is 0.0245 e. The standard InChI is InChI=1S/C17H15Cl/c18-14-6-2-3-7-15-10-12-17(13-11-15)16-8-4-1-5-9-16/h1,4-5,8-13H,2,6,14H2. The number of benzene rings is 2. The Kier molecular flexibility index (Phi) is 4.88. The molecule has 0 N–H and O–H groups in total. The van der Waals surface area contributed by atoms with E-state index in [0.29, 0.717) is 5.88 Å². The van der Waals surface area contributed by atoms with Crippen molar-refractivity contribution in [1.82, 2.24) is 0 Å². The molecule has 1 heteroatoms. The van der Waals surface area contributed by atoms with Gasteiger partial charge >= 0.3 is 0 Å². The molecule has 0 atom stereocenters. The highest BCUT2D eigenvalue weighted by Gasteiger charge is 1.95. The van der Waals surface area contributed by atoms with Gasteiger partial charge in [-0.2, -0.15) is 0 Å². The molecule has 0 unspecified atom stereocenters. The first-order valence-corrected chi connectivity index (χ1v) is 6.64. The van der Waals surface area contributed by atoms with Gasteiger partial charge in [-0.15, -0.1) is 11.6 Å². The summed E-state index contributed by atoms with van der Waals surface area (Å²) in [6, 6.07) is 18.7. The summed E-state index contributed by atoms with van der Waals surface area (Å²) in [5.41, 5.74) is 3.52. The van der Waals surface area contributed by atoms with Crippen molar-refractivity contribution < 1.29 is 0 Å². The van der Waals surface area contributed by atoms with E-state index in [1.165, 1.54) is 11.1 Å². The fourth-order valence-electron chi connectivity index (χ4n) is 1.70. The van der Waals surface area contributed by atoms with E-state index in [1.54, 1.807) is 0 Å². The molecule has 0 aliphatic heterocycles. The first kappa shape index (κ1) is 12.7. The van der Waals surface area contributed by atoms with Gasteiger partial charge in [0.1, 0.15) is 0 Å². The van der Waals surface area contributed by atoms with Crippen LogP contribution in [0.3, 0.4) is 0 Å². The topological polar surface area (TPSA) is 0 Å². The van der Waals surface area contributed by atoms with Gasteiger partial charge in [-0.05, 0) is 29.7 Å². The van der Waals surface area contributed by atoms with Crippen LogP contribution in [0.2, 0.25) is 0 Å². The zero-order valence-corrected chi connectivity index (χ0v) is 11.0. The van der Waals surface area contributed by atoms with Crippen LogP contribution in [0, 0.1) is 11.8 Å². The Balaban J connectivity index is 2.08. The lowest BCUT2D eigenvalue weighted by molar-refractivity contribution is 0.991. The Labute approximate surface area is 114 Å². The Hall–Kier alpha value is -1.71. The van der Waals surface area contributed by atoms with E-state index in [4.69, 9.17) is 11.6 Å². The second-order valence-electron chi connectivity index (χ2n) is 4.04. The van der Waals surface area contributed by atoms with Crippen molar-refractivity contribution in [2.24, 2.45) is 0 Å². The molecule has 0 amide bonds. The van der Waals surface area contributed by atoms with Crippen molar-refractivity contribution in [3.63, 3.8) is 0 Å². The molecule has 0 heterocycles. The fourth-order valence-corrected chi connectivity index (χ4v) is 1.83. The highest BCUT2D eigenvalue weighted by Crippen LogP contribution is 2.18. The Morgan fingerprint density at radius 1 is 0.833 bits per heavy atom. The molecule has 0 radical (unpaired) electrons. The number of halogens is 1. The Morgan fingerprint density at radius 3 is 2.17 bits per heavy atom. The average molecular weight is 255 g/mol. The van der Waals surface area contributed by atoms with E-state index < -0.39 is 0 Å². The van der Waals surface area contributed by atoms with Gasteiger partial charge in [0.2, 0.25) is 0 Å². The zero-order chi connectivity index (χ0) is 12.6. The van der Waals surface area contributed by atoms with Gasteiger partial charge in [0.25, 0.3) is 0 Å². The molecule has 0 saturated heterocycles. The lowest BCUT2D eigenvalue weighted by Crippen LogP contribution is -1.79. The van der Waals surface area contributed by atoms with E-state index in [2.05, 4.69) is 60.4 Å². The first-order valence-electron chi connectivity index (χ1n) is 6.10. The number of rotatable bonds is 3. The molecule has 2 rings (SSSR count). The van der Waals surface area contributed by atoms with Crippen molar-refractivity contribution in [3.8, 4) is 23.0 Å². The Bertz CT molecular complexity index is 529. The summed E-state index contributed by atoms with van der Waals surface area (Å²) in [5.74, 6) is 6.96. The van der Waals surface area contributed by atoms with Crippen LogP contribution in [0.4, 0.5) is 0 Å². The van der Waals surface area contributed by atoms with E-state index in [1.807, 2.05) is 6.07 Å². The van der Waals surface area contributed by atoms with Crippen molar-refractivity contribution in [3.05, 3.63) is 60.2 Å². The monoisotopic (exact) mass is 254 g/mol. The molecule has 0 bridgehead atoms. The van der Waals surface area contributed by atoms with Gasteiger partial charge in [-0.25, -0.2) is 0 Å². The van der Waals surface area contributed by atoms with Crippen LogP contribution in [0.1, 0.15) is 18.4 Å². The number of hydrogen-bond donors (Lipinski definition) is 0. The summed E-state index contributed by atoms with van der Waals surface area (Å²) in [5, 5.41) is 0. The second-order valence-corrected chi connectivity index (χ2v) is 4.42. The summed E-state index contributed by atoms with van der Waals surface area (Å²) in [6.45, 7) is 0. The van der Waals surface area contributed by atoms with Crippen LogP contribution in [0.25, 0.3) is 11.1 Å². The lowest BCUT2D eigenvalue weighted by Gasteiger charge is -2.00. The predicted octanol–water partition coefficient (Wildman–Crippen LogP) is 4.72. The number of hydrogen-bond acceptors (Lipinski definition) is 0. The van der Waals surface area contributed by atoms with Crippen molar-refractivity contribution in [1.29, 1.82) is 0 Å². The molecule has 2 aromatic carbocycles. The molecule has 0 saturated carbocycles. The maximum absolute atomic E-state index is 5.60. The van der Waals surface area contributed by atoms with Crippen LogP contribution in [-0.2, 0) is 0 Å². The largest absolute Gasteiger partial charge is 0.127 e. The first-order chi connectivity index (χ1) is 8.90. The Morgan fingerprint density at radius 2 is 1.50 bits per heavy atom. The molecule has 18 heavy (non-hydrogen) atoms. The van der Waals surface area contributed by atoms with Crippen molar-refractivity contribution in [2.45, 2.75) is 12.8 Å². The van der Waals surface area contributed by atoms with Crippen LogP contribution in [0.5, 0.6) is 0 Å². The lowest BCUT2D eigenvalue weighted by atomic mass is 10.0. The van der Waals surface area contributed by atoms with Crippen molar-refractivity contribution in [2.75, 3.05) is 5.88 Å². The van der Waals surface area contributed by atoms with Crippen LogP contribution in [0.15, 0.2) is 54.6 Å². The SMILES string of the molecule is ClCCCC#Cc1ccc(-c2ccccc2)cc1. The molecule has 0 spiro atoms. The van der Waals surface area contributed by atoms with Crippen LogP contribution in [-0.4, -0.2) is 5.88 Å². The summed E-state index contributed by atoms with van der Waals surface area (Å²) in [4.78, 5) is 0.